The molecule has 0 radical (unpaired) electrons. The Morgan fingerprint density at radius 2 is 1.92 bits per heavy atom. The normalized spacial score (nSPS) is 14.8. The Bertz CT molecular complexity index is 616. The lowest BCUT2D eigenvalue weighted by Gasteiger charge is -2.16. The summed E-state index contributed by atoms with van der Waals surface area (Å²) in [5, 5.41) is 6.74. The van der Waals surface area contributed by atoms with Gasteiger partial charge in [-0.1, -0.05) is 17.7 Å². The van der Waals surface area contributed by atoms with Crippen molar-refractivity contribution in [2.45, 2.75) is 53.4 Å². The van der Waals surface area contributed by atoms with Crippen LogP contribution in [-0.4, -0.2) is 49.5 Å². The van der Waals surface area contributed by atoms with E-state index in [0.29, 0.717) is 12.3 Å². The number of benzene rings is 1. The van der Waals surface area contributed by atoms with Gasteiger partial charge in [0.05, 0.1) is 0 Å². The number of likely N-dealkylation sites (tertiary alicyclic amines) is 1. The first-order valence-corrected chi connectivity index (χ1v) is 9.88. The van der Waals surface area contributed by atoms with E-state index in [-0.39, 0.29) is 0 Å². The molecule has 0 spiro atoms. The second kappa shape index (κ2) is 10.2. The molecule has 1 fully saturated rings. The lowest BCUT2D eigenvalue weighted by atomic mass is 9.97. The minimum absolute atomic E-state index is 0.294. The van der Waals surface area contributed by atoms with Crippen LogP contribution >= 0.6 is 0 Å². The SMILES string of the molecule is CCNC(=NCCCN1CCCC1=O)NCCc1c(C)cc(C)cc1C. The van der Waals surface area contributed by atoms with Gasteiger partial charge in [-0.25, -0.2) is 0 Å². The quantitative estimate of drug-likeness (QED) is 0.427. The summed E-state index contributed by atoms with van der Waals surface area (Å²) in [4.78, 5) is 18.2. The fourth-order valence-corrected chi connectivity index (χ4v) is 3.64. The maximum absolute atomic E-state index is 11.6. The first-order valence-electron chi connectivity index (χ1n) is 9.88. The number of hydrogen-bond acceptors (Lipinski definition) is 2. The number of guanidine groups is 1. The number of carbonyl (C=O) groups excluding carboxylic acids is 1. The zero-order valence-electron chi connectivity index (χ0n) is 16.8. The van der Waals surface area contributed by atoms with Crippen molar-refractivity contribution in [2.24, 2.45) is 4.99 Å². The van der Waals surface area contributed by atoms with Crippen LogP contribution in [-0.2, 0) is 11.2 Å². The van der Waals surface area contributed by atoms with Crippen LogP contribution in [0.15, 0.2) is 17.1 Å². The minimum Gasteiger partial charge on any atom is -0.357 e. The Labute approximate surface area is 158 Å². The Morgan fingerprint density at radius 1 is 1.19 bits per heavy atom. The van der Waals surface area contributed by atoms with Gasteiger partial charge in [0.25, 0.3) is 0 Å². The number of rotatable bonds is 8. The fraction of sp³-hybridized carbons (Fsp3) is 0.619. The van der Waals surface area contributed by atoms with E-state index in [1.807, 2.05) is 4.90 Å². The molecule has 0 aliphatic carbocycles. The lowest BCUT2D eigenvalue weighted by molar-refractivity contribution is -0.127. The molecule has 0 unspecified atom stereocenters. The Hall–Kier alpha value is -2.04. The third-order valence-electron chi connectivity index (χ3n) is 4.88. The van der Waals surface area contributed by atoms with Gasteiger partial charge in [0.2, 0.25) is 5.91 Å². The van der Waals surface area contributed by atoms with Crippen LogP contribution < -0.4 is 10.6 Å². The predicted molar refractivity (Wildman–Crippen MR) is 109 cm³/mol. The van der Waals surface area contributed by atoms with Gasteiger partial charge in [-0.2, -0.15) is 0 Å². The van der Waals surface area contributed by atoms with Crippen molar-refractivity contribution in [3.63, 3.8) is 0 Å². The molecule has 2 rings (SSSR count). The van der Waals surface area contributed by atoms with Crippen molar-refractivity contribution >= 4 is 11.9 Å². The molecule has 5 heteroatoms. The summed E-state index contributed by atoms with van der Waals surface area (Å²) in [5.41, 5.74) is 5.47. The second-order valence-electron chi connectivity index (χ2n) is 7.15. The molecule has 1 saturated heterocycles. The van der Waals surface area contributed by atoms with Crippen molar-refractivity contribution < 1.29 is 4.79 Å². The minimum atomic E-state index is 0.294. The van der Waals surface area contributed by atoms with Gasteiger partial charge >= 0.3 is 0 Å². The number of amides is 1. The monoisotopic (exact) mass is 358 g/mol. The first-order chi connectivity index (χ1) is 12.5. The van der Waals surface area contributed by atoms with E-state index >= 15 is 0 Å². The molecule has 1 aromatic carbocycles. The van der Waals surface area contributed by atoms with Gasteiger partial charge in [0.1, 0.15) is 0 Å². The second-order valence-corrected chi connectivity index (χ2v) is 7.15. The lowest BCUT2D eigenvalue weighted by Crippen LogP contribution is -2.38. The number of hydrogen-bond donors (Lipinski definition) is 2. The highest BCUT2D eigenvalue weighted by Gasteiger charge is 2.18. The summed E-state index contributed by atoms with van der Waals surface area (Å²) in [7, 11) is 0. The third-order valence-corrected chi connectivity index (χ3v) is 4.88. The molecule has 1 heterocycles. The van der Waals surface area contributed by atoms with Gasteiger partial charge < -0.3 is 15.5 Å². The maximum Gasteiger partial charge on any atom is 0.222 e. The highest BCUT2D eigenvalue weighted by atomic mass is 16.2. The highest BCUT2D eigenvalue weighted by Crippen LogP contribution is 2.16. The van der Waals surface area contributed by atoms with Gasteiger partial charge in [-0.05, 0) is 63.6 Å². The van der Waals surface area contributed by atoms with Crippen LogP contribution in [0.3, 0.4) is 0 Å². The van der Waals surface area contributed by atoms with Gasteiger partial charge in [0.15, 0.2) is 5.96 Å². The number of nitrogens with zero attached hydrogens (tertiary/aromatic N) is 2. The van der Waals surface area contributed by atoms with Crippen LogP contribution in [0.5, 0.6) is 0 Å². The van der Waals surface area contributed by atoms with E-state index in [2.05, 4.69) is 55.5 Å². The summed E-state index contributed by atoms with van der Waals surface area (Å²) in [5.74, 6) is 1.16. The largest absolute Gasteiger partial charge is 0.357 e. The zero-order chi connectivity index (χ0) is 18.9. The predicted octanol–water partition coefficient (Wildman–Crippen LogP) is 2.72. The van der Waals surface area contributed by atoms with E-state index in [9.17, 15) is 4.79 Å². The van der Waals surface area contributed by atoms with Gasteiger partial charge in [-0.3, -0.25) is 9.79 Å². The summed E-state index contributed by atoms with van der Waals surface area (Å²) in [6.45, 7) is 12.8. The summed E-state index contributed by atoms with van der Waals surface area (Å²) >= 11 is 0. The molecule has 2 N–H and O–H groups in total. The van der Waals surface area contributed by atoms with E-state index in [1.165, 1.54) is 22.3 Å². The Balaban J connectivity index is 1.79. The summed E-state index contributed by atoms with van der Waals surface area (Å²) in [6.07, 6.45) is 3.62. The Morgan fingerprint density at radius 3 is 2.54 bits per heavy atom. The molecule has 26 heavy (non-hydrogen) atoms. The molecule has 0 saturated carbocycles. The third kappa shape index (κ3) is 6.04. The average molecular weight is 359 g/mol. The van der Waals surface area contributed by atoms with E-state index in [4.69, 9.17) is 0 Å². The van der Waals surface area contributed by atoms with Crippen LogP contribution in [0.25, 0.3) is 0 Å². The van der Waals surface area contributed by atoms with Crippen molar-refractivity contribution in [1.82, 2.24) is 15.5 Å². The summed E-state index contributed by atoms with van der Waals surface area (Å²) < 4.78 is 0. The van der Waals surface area contributed by atoms with E-state index in [1.54, 1.807) is 0 Å². The van der Waals surface area contributed by atoms with Crippen molar-refractivity contribution in [3.8, 4) is 0 Å². The van der Waals surface area contributed by atoms with Gasteiger partial charge in [-0.15, -0.1) is 0 Å². The average Bonchev–Trinajstić information content (AvgIpc) is 2.98. The zero-order valence-corrected chi connectivity index (χ0v) is 16.8. The van der Waals surface area contributed by atoms with E-state index < -0.39 is 0 Å². The molecule has 0 atom stereocenters. The highest BCUT2D eigenvalue weighted by molar-refractivity contribution is 5.79. The maximum atomic E-state index is 11.6. The van der Waals surface area contributed by atoms with Crippen molar-refractivity contribution in [1.29, 1.82) is 0 Å². The van der Waals surface area contributed by atoms with Crippen LogP contribution in [0.4, 0.5) is 0 Å². The molecule has 5 nitrogen and oxygen atoms in total. The van der Waals surface area contributed by atoms with E-state index in [0.717, 1.165) is 57.9 Å². The van der Waals surface area contributed by atoms with Crippen LogP contribution in [0.1, 0.15) is 48.4 Å². The number of nitrogens with one attached hydrogen (secondary N) is 2. The number of aryl methyl sites for hydroxylation is 3. The fourth-order valence-electron chi connectivity index (χ4n) is 3.64. The molecular weight excluding hydrogens is 324 g/mol. The van der Waals surface area contributed by atoms with Crippen LogP contribution in [0, 0.1) is 20.8 Å². The standard InChI is InChI=1S/C21H34N4O/c1-5-22-21(23-10-7-13-25-12-6-8-20(25)26)24-11-9-19-17(3)14-16(2)15-18(19)4/h14-15H,5-13H2,1-4H3,(H2,22,23,24). The molecular formula is C21H34N4O. The molecule has 1 amide bonds. The molecule has 0 bridgehead atoms. The van der Waals surface area contributed by atoms with Crippen molar-refractivity contribution in [3.05, 3.63) is 34.4 Å². The van der Waals surface area contributed by atoms with Crippen LogP contribution in [0.2, 0.25) is 0 Å². The molecule has 1 aromatic rings. The molecule has 1 aliphatic heterocycles. The van der Waals surface area contributed by atoms with Crippen molar-refractivity contribution in [2.75, 3.05) is 32.7 Å². The first kappa shape index (κ1) is 20.3. The topological polar surface area (TPSA) is 56.7 Å². The summed E-state index contributed by atoms with van der Waals surface area (Å²) in [6, 6.07) is 4.50. The number of aliphatic imine (C=N–C) groups is 1. The molecule has 1 aliphatic rings. The number of carbonyl (C=O) groups is 1. The molecule has 0 aromatic heterocycles. The van der Waals surface area contributed by atoms with Gasteiger partial charge in [0, 0.05) is 39.1 Å². The smallest absolute Gasteiger partial charge is 0.222 e. The molecule has 144 valence electrons. The Kier molecular flexibility index (Phi) is 7.95.